The molecule has 2 aromatic rings. The molecular weight excluding hydrogens is 336 g/mol. The van der Waals surface area contributed by atoms with Gasteiger partial charge in [-0.05, 0) is 52.1 Å². The van der Waals surface area contributed by atoms with Gasteiger partial charge in [-0.2, -0.15) is 5.10 Å². The second-order valence-electron chi connectivity index (χ2n) is 8.55. The predicted molar refractivity (Wildman–Crippen MR) is 112 cm³/mol. The number of unbranched alkanes of at least 4 members (excludes halogenated alkanes) is 1. The summed E-state index contributed by atoms with van der Waals surface area (Å²) in [6.07, 6.45) is 8.65. The van der Waals surface area contributed by atoms with Crippen molar-refractivity contribution >= 4 is 16.9 Å². The van der Waals surface area contributed by atoms with Gasteiger partial charge in [0.1, 0.15) is 12.1 Å². The number of aryl methyl sites for hydroxylation is 1. The maximum absolute atomic E-state index is 4.97. The van der Waals surface area contributed by atoms with Gasteiger partial charge in [0.2, 0.25) is 0 Å². The van der Waals surface area contributed by atoms with Gasteiger partial charge in [-0.15, -0.1) is 0 Å². The average Bonchev–Trinajstić information content (AvgIpc) is 2.82. The molecule has 6 nitrogen and oxygen atoms in total. The molecule has 2 aromatic heterocycles. The fourth-order valence-corrected chi connectivity index (χ4v) is 4.10. The molecule has 0 spiro atoms. The third kappa shape index (κ3) is 4.60. The van der Waals surface area contributed by atoms with Crippen molar-refractivity contribution in [2.75, 3.05) is 32.1 Å². The van der Waals surface area contributed by atoms with Crippen molar-refractivity contribution in [3.8, 4) is 0 Å². The van der Waals surface area contributed by atoms with Crippen LogP contribution in [0.2, 0.25) is 0 Å². The zero-order valence-electron chi connectivity index (χ0n) is 17.8. The van der Waals surface area contributed by atoms with Crippen molar-refractivity contribution in [2.45, 2.75) is 71.9 Å². The zero-order chi connectivity index (χ0) is 19.4. The number of hydrogen-bond acceptors (Lipinski definition) is 5. The lowest BCUT2D eigenvalue weighted by atomic mass is 10.1. The lowest BCUT2D eigenvalue weighted by Gasteiger charge is -2.24. The van der Waals surface area contributed by atoms with E-state index in [9.17, 15) is 0 Å². The minimum Gasteiger partial charge on any atom is -0.356 e. The second kappa shape index (κ2) is 9.00. The number of rotatable bonds is 7. The Bertz CT molecular complexity index is 736. The van der Waals surface area contributed by atoms with Gasteiger partial charge in [-0.25, -0.2) is 14.6 Å². The fraction of sp³-hybridized carbons (Fsp3) is 0.762. The van der Waals surface area contributed by atoms with E-state index in [1.807, 2.05) is 0 Å². The molecule has 0 radical (unpaired) electrons. The Morgan fingerprint density at radius 3 is 2.70 bits per heavy atom. The molecule has 0 amide bonds. The Hall–Kier alpha value is -1.69. The Balaban J connectivity index is 1.98. The van der Waals surface area contributed by atoms with Gasteiger partial charge >= 0.3 is 0 Å². The van der Waals surface area contributed by atoms with Crippen LogP contribution >= 0.6 is 0 Å². The molecule has 0 N–H and O–H groups in total. The molecule has 1 aliphatic rings. The largest absolute Gasteiger partial charge is 0.356 e. The van der Waals surface area contributed by atoms with E-state index < -0.39 is 0 Å². The smallest absolute Gasteiger partial charge is 0.163 e. The molecule has 6 heteroatoms. The number of hydrogen-bond donors (Lipinski definition) is 0. The van der Waals surface area contributed by atoms with Crippen molar-refractivity contribution in [3.05, 3.63) is 12.0 Å². The highest BCUT2D eigenvalue weighted by Gasteiger charge is 2.24. The van der Waals surface area contributed by atoms with E-state index in [0.29, 0.717) is 12.0 Å². The summed E-state index contributed by atoms with van der Waals surface area (Å²) in [5.41, 5.74) is 2.18. The molecular formula is C21H36N6. The standard InChI is InChI=1S/C21H36N6/c1-6-7-12-27-21-19(18(24-27)14-16(2)3)20(22-15-23-21)26-11-8-9-17(10-13-26)25(4)5/h15-17H,6-14H2,1-5H3. The van der Waals surface area contributed by atoms with Crippen molar-refractivity contribution < 1.29 is 0 Å². The van der Waals surface area contributed by atoms with E-state index in [-0.39, 0.29) is 0 Å². The molecule has 3 heterocycles. The molecule has 1 aliphatic heterocycles. The van der Waals surface area contributed by atoms with Gasteiger partial charge in [0.15, 0.2) is 5.65 Å². The van der Waals surface area contributed by atoms with Crippen molar-refractivity contribution in [1.29, 1.82) is 0 Å². The minimum absolute atomic E-state index is 0.568. The highest BCUT2D eigenvalue weighted by molar-refractivity contribution is 5.90. The first-order chi connectivity index (χ1) is 13.0. The van der Waals surface area contributed by atoms with E-state index in [0.717, 1.165) is 50.4 Å². The Morgan fingerprint density at radius 2 is 2.00 bits per heavy atom. The van der Waals surface area contributed by atoms with Crippen LogP contribution in [0.5, 0.6) is 0 Å². The summed E-state index contributed by atoms with van der Waals surface area (Å²) in [5.74, 6) is 1.66. The Morgan fingerprint density at radius 1 is 1.19 bits per heavy atom. The first-order valence-electron chi connectivity index (χ1n) is 10.6. The van der Waals surface area contributed by atoms with E-state index in [4.69, 9.17) is 10.1 Å². The molecule has 1 unspecified atom stereocenters. The SMILES string of the molecule is CCCCn1nc(CC(C)C)c2c(N3CCCC(N(C)C)CC3)ncnc21. The average molecular weight is 373 g/mol. The Kier molecular flexibility index (Phi) is 6.68. The summed E-state index contributed by atoms with van der Waals surface area (Å²) in [5, 5.41) is 6.15. The quantitative estimate of drug-likeness (QED) is 0.741. The van der Waals surface area contributed by atoms with Crippen LogP contribution < -0.4 is 4.90 Å². The van der Waals surface area contributed by atoms with Crippen LogP contribution in [0.3, 0.4) is 0 Å². The fourth-order valence-electron chi connectivity index (χ4n) is 4.10. The summed E-state index contributed by atoms with van der Waals surface area (Å²) in [7, 11) is 4.39. The van der Waals surface area contributed by atoms with Gasteiger partial charge in [-0.1, -0.05) is 27.2 Å². The highest BCUT2D eigenvalue weighted by atomic mass is 15.3. The molecule has 0 bridgehead atoms. The molecule has 1 fully saturated rings. The summed E-state index contributed by atoms with van der Waals surface area (Å²) < 4.78 is 2.11. The molecule has 0 aliphatic carbocycles. The van der Waals surface area contributed by atoms with Gasteiger partial charge in [0.05, 0.1) is 11.1 Å². The number of fused-ring (bicyclic) bond motifs is 1. The van der Waals surface area contributed by atoms with Crippen LogP contribution in [0, 0.1) is 5.92 Å². The monoisotopic (exact) mass is 372 g/mol. The molecule has 150 valence electrons. The van der Waals surface area contributed by atoms with Gasteiger partial charge < -0.3 is 9.80 Å². The normalized spacial score (nSPS) is 18.6. The van der Waals surface area contributed by atoms with Crippen LogP contribution in [-0.2, 0) is 13.0 Å². The lowest BCUT2D eigenvalue weighted by Crippen LogP contribution is -2.30. The van der Waals surface area contributed by atoms with E-state index in [1.54, 1.807) is 6.33 Å². The highest BCUT2D eigenvalue weighted by Crippen LogP contribution is 2.30. The summed E-state index contributed by atoms with van der Waals surface area (Å²) in [4.78, 5) is 14.2. The number of anilines is 1. The molecule has 1 atom stereocenters. The number of nitrogens with zero attached hydrogens (tertiary/aromatic N) is 6. The molecule has 27 heavy (non-hydrogen) atoms. The second-order valence-corrected chi connectivity index (χ2v) is 8.55. The van der Waals surface area contributed by atoms with Crippen LogP contribution in [-0.4, -0.2) is 57.9 Å². The zero-order valence-corrected chi connectivity index (χ0v) is 17.8. The van der Waals surface area contributed by atoms with Crippen molar-refractivity contribution in [1.82, 2.24) is 24.6 Å². The molecule has 3 rings (SSSR count). The summed E-state index contributed by atoms with van der Waals surface area (Å²) >= 11 is 0. The third-order valence-electron chi connectivity index (χ3n) is 5.63. The van der Waals surface area contributed by atoms with Crippen molar-refractivity contribution in [2.24, 2.45) is 5.92 Å². The van der Waals surface area contributed by atoms with Crippen LogP contribution in [0.4, 0.5) is 5.82 Å². The topological polar surface area (TPSA) is 50.1 Å². The third-order valence-corrected chi connectivity index (χ3v) is 5.63. The first kappa shape index (κ1) is 20.1. The van der Waals surface area contributed by atoms with Crippen LogP contribution in [0.1, 0.15) is 58.6 Å². The predicted octanol–water partition coefficient (Wildman–Crippen LogP) is 3.75. The number of aromatic nitrogens is 4. The minimum atomic E-state index is 0.568. The van der Waals surface area contributed by atoms with Gasteiger partial charge in [-0.3, -0.25) is 0 Å². The molecule has 0 aromatic carbocycles. The van der Waals surface area contributed by atoms with Gasteiger partial charge in [0, 0.05) is 25.7 Å². The maximum Gasteiger partial charge on any atom is 0.163 e. The van der Waals surface area contributed by atoms with E-state index in [2.05, 4.69) is 54.3 Å². The lowest BCUT2D eigenvalue weighted by molar-refractivity contribution is 0.272. The van der Waals surface area contributed by atoms with Crippen LogP contribution in [0.25, 0.3) is 11.0 Å². The first-order valence-corrected chi connectivity index (χ1v) is 10.6. The Labute approximate surface area is 164 Å². The maximum atomic E-state index is 4.97. The van der Waals surface area contributed by atoms with Crippen LogP contribution in [0.15, 0.2) is 6.33 Å². The molecule has 0 saturated carbocycles. The summed E-state index contributed by atoms with van der Waals surface area (Å²) in [6, 6.07) is 0.662. The molecule has 1 saturated heterocycles. The van der Waals surface area contributed by atoms with E-state index >= 15 is 0 Å². The van der Waals surface area contributed by atoms with Gasteiger partial charge in [0.25, 0.3) is 0 Å². The van der Waals surface area contributed by atoms with E-state index in [1.165, 1.54) is 30.3 Å². The van der Waals surface area contributed by atoms with Crippen molar-refractivity contribution in [3.63, 3.8) is 0 Å². The summed E-state index contributed by atoms with van der Waals surface area (Å²) in [6.45, 7) is 9.79.